The number of hydrogen-bond acceptors (Lipinski definition) is 3. The van der Waals surface area contributed by atoms with E-state index in [9.17, 15) is 9.90 Å². The van der Waals surface area contributed by atoms with Gasteiger partial charge in [0, 0.05) is 0 Å². The molecule has 2 aromatic rings. The summed E-state index contributed by atoms with van der Waals surface area (Å²) in [7, 11) is 0. The number of likely N-dealkylation sites (N-methyl/N-ethyl adjacent to an activating group) is 1. The molecule has 0 bridgehead atoms. The third-order valence-corrected chi connectivity index (χ3v) is 3.50. The molecule has 4 heteroatoms. The molecule has 0 saturated heterocycles. The predicted molar refractivity (Wildman–Crippen MR) is 84.9 cm³/mol. The number of carbonyl (C=O) groups excluding carboxylic acids is 1. The van der Waals surface area contributed by atoms with Crippen LogP contribution in [0, 0.1) is 6.92 Å². The molecule has 3 N–H and O–H groups in total. The molecule has 4 nitrogen and oxygen atoms in total. The topological polar surface area (TPSA) is 63.1 Å². The molecule has 0 amide bonds. The van der Waals surface area contributed by atoms with Crippen molar-refractivity contribution in [1.82, 2.24) is 0 Å². The lowest BCUT2D eigenvalue weighted by Crippen LogP contribution is -2.84. The van der Waals surface area contributed by atoms with E-state index in [4.69, 9.17) is 4.74 Å². The molecule has 0 aliphatic heterocycles. The van der Waals surface area contributed by atoms with Crippen LogP contribution in [0.3, 0.4) is 0 Å². The van der Waals surface area contributed by atoms with Crippen molar-refractivity contribution in [3.63, 3.8) is 0 Å². The smallest absolute Gasteiger partial charge is 0.343 e. The van der Waals surface area contributed by atoms with Gasteiger partial charge in [-0.3, -0.25) is 0 Å². The van der Waals surface area contributed by atoms with Crippen LogP contribution in [-0.4, -0.2) is 24.2 Å². The number of hydrogen-bond donors (Lipinski definition) is 2. The van der Waals surface area contributed by atoms with Gasteiger partial charge in [-0.1, -0.05) is 30.3 Å². The SMILES string of the molecule is CC[NH2+]C[C@H](O)c1cccc(OC(=O)c2ccccc2C)c1. The van der Waals surface area contributed by atoms with Gasteiger partial charge < -0.3 is 15.2 Å². The lowest BCUT2D eigenvalue weighted by molar-refractivity contribution is -0.658. The van der Waals surface area contributed by atoms with E-state index < -0.39 is 6.10 Å². The van der Waals surface area contributed by atoms with Crippen molar-refractivity contribution in [1.29, 1.82) is 0 Å². The molecule has 0 heterocycles. The van der Waals surface area contributed by atoms with Gasteiger partial charge in [0.2, 0.25) is 0 Å². The highest BCUT2D eigenvalue weighted by Crippen LogP contribution is 2.20. The Hall–Kier alpha value is -2.17. The first-order valence-electron chi connectivity index (χ1n) is 7.49. The number of esters is 1. The van der Waals surface area contributed by atoms with Gasteiger partial charge in [0.25, 0.3) is 0 Å². The van der Waals surface area contributed by atoms with Gasteiger partial charge in [-0.15, -0.1) is 0 Å². The summed E-state index contributed by atoms with van der Waals surface area (Å²) in [5, 5.41) is 12.1. The molecule has 0 saturated carbocycles. The number of quaternary nitrogens is 1. The van der Waals surface area contributed by atoms with Gasteiger partial charge in [0.15, 0.2) is 0 Å². The largest absolute Gasteiger partial charge is 0.423 e. The zero-order chi connectivity index (χ0) is 15.9. The second-order valence-electron chi connectivity index (χ2n) is 5.23. The van der Waals surface area contributed by atoms with E-state index in [-0.39, 0.29) is 5.97 Å². The van der Waals surface area contributed by atoms with Crippen LogP contribution in [0.1, 0.15) is 34.5 Å². The number of nitrogens with two attached hydrogens (primary N) is 1. The molecule has 2 aromatic carbocycles. The minimum Gasteiger partial charge on any atom is -0.423 e. The van der Waals surface area contributed by atoms with E-state index in [1.807, 2.05) is 43.4 Å². The molecule has 0 unspecified atom stereocenters. The van der Waals surface area contributed by atoms with Gasteiger partial charge >= 0.3 is 5.97 Å². The number of carbonyl (C=O) groups is 1. The first-order valence-corrected chi connectivity index (χ1v) is 7.49. The van der Waals surface area contributed by atoms with Crippen LogP contribution < -0.4 is 10.1 Å². The van der Waals surface area contributed by atoms with Crippen LogP contribution in [0.4, 0.5) is 0 Å². The fourth-order valence-electron chi connectivity index (χ4n) is 2.21. The van der Waals surface area contributed by atoms with Crippen molar-refractivity contribution in [3.05, 3.63) is 65.2 Å². The van der Waals surface area contributed by atoms with Gasteiger partial charge in [0.1, 0.15) is 18.4 Å². The summed E-state index contributed by atoms with van der Waals surface area (Å²) in [6.07, 6.45) is -0.572. The molecule has 0 radical (unpaired) electrons. The fraction of sp³-hybridized carbons (Fsp3) is 0.278. The third kappa shape index (κ3) is 4.16. The molecule has 0 aliphatic rings. The second-order valence-corrected chi connectivity index (χ2v) is 5.23. The normalized spacial score (nSPS) is 12.0. The van der Waals surface area contributed by atoms with E-state index in [0.29, 0.717) is 17.9 Å². The van der Waals surface area contributed by atoms with E-state index in [1.165, 1.54) is 0 Å². The monoisotopic (exact) mass is 300 g/mol. The highest BCUT2D eigenvalue weighted by atomic mass is 16.5. The average molecular weight is 300 g/mol. The highest BCUT2D eigenvalue weighted by molar-refractivity contribution is 5.92. The van der Waals surface area contributed by atoms with Gasteiger partial charge in [-0.05, 0) is 43.2 Å². The molecule has 0 aromatic heterocycles. The summed E-state index contributed by atoms with van der Waals surface area (Å²) >= 11 is 0. The Morgan fingerprint density at radius 1 is 1.23 bits per heavy atom. The minimum absolute atomic E-state index is 0.384. The summed E-state index contributed by atoms with van der Waals surface area (Å²) in [5.74, 6) is 0.0613. The predicted octanol–water partition coefficient (Wildman–Crippen LogP) is 1.83. The molecular weight excluding hydrogens is 278 g/mol. The zero-order valence-corrected chi connectivity index (χ0v) is 13.0. The Balaban J connectivity index is 2.10. The number of rotatable bonds is 6. The van der Waals surface area contributed by atoms with Crippen LogP contribution in [0.15, 0.2) is 48.5 Å². The van der Waals surface area contributed by atoms with Crippen LogP contribution in [-0.2, 0) is 0 Å². The van der Waals surface area contributed by atoms with E-state index in [1.54, 1.807) is 24.3 Å². The number of aliphatic hydroxyl groups is 1. The summed E-state index contributed by atoms with van der Waals surface area (Å²) < 4.78 is 5.42. The molecular formula is C18H22NO3+. The van der Waals surface area contributed by atoms with Crippen LogP contribution in [0.25, 0.3) is 0 Å². The van der Waals surface area contributed by atoms with E-state index >= 15 is 0 Å². The highest BCUT2D eigenvalue weighted by Gasteiger charge is 2.13. The minimum atomic E-state index is -0.572. The van der Waals surface area contributed by atoms with E-state index in [0.717, 1.165) is 17.7 Å². The van der Waals surface area contributed by atoms with Crippen molar-refractivity contribution in [3.8, 4) is 5.75 Å². The molecule has 1 atom stereocenters. The van der Waals surface area contributed by atoms with Crippen molar-refractivity contribution in [2.45, 2.75) is 20.0 Å². The van der Waals surface area contributed by atoms with Crippen molar-refractivity contribution in [2.24, 2.45) is 0 Å². The molecule has 0 spiro atoms. The van der Waals surface area contributed by atoms with Gasteiger partial charge in [-0.25, -0.2) is 4.79 Å². The van der Waals surface area contributed by atoms with Crippen molar-refractivity contribution < 1.29 is 20.0 Å². The third-order valence-electron chi connectivity index (χ3n) is 3.50. The Morgan fingerprint density at radius 2 is 2.00 bits per heavy atom. The number of aliphatic hydroxyl groups excluding tert-OH is 1. The van der Waals surface area contributed by atoms with Crippen LogP contribution >= 0.6 is 0 Å². The number of benzene rings is 2. The second kappa shape index (κ2) is 7.73. The zero-order valence-electron chi connectivity index (χ0n) is 13.0. The first kappa shape index (κ1) is 16.2. The van der Waals surface area contributed by atoms with Crippen LogP contribution in [0.2, 0.25) is 0 Å². The Kier molecular flexibility index (Phi) is 5.69. The molecule has 2 rings (SSSR count). The van der Waals surface area contributed by atoms with Crippen molar-refractivity contribution >= 4 is 5.97 Å². The summed E-state index contributed by atoms with van der Waals surface area (Å²) in [6, 6.07) is 14.4. The quantitative estimate of drug-likeness (QED) is 0.632. The Labute approximate surface area is 130 Å². The molecule has 116 valence electrons. The first-order chi connectivity index (χ1) is 10.6. The van der Waals surface area contributed by atoms with Gasteiger partial charge in [0.05, 0.1) is 12.1 Å². The summed E-state index contributed by atoms with van der Waals surface area (Å²) in [5.41, 5.74) is 2.17. The van der Waals surface area contributed by atoms with Crippen molar-refractivity contribution in [2.75, 3.05) is 13.1 Å². The van der Waals surface area contributed by atoms with Crippen LogP contribution in [0.5, 0.6) is 5.75 Å². The fourth-order valence-corrected chi connectivity index (χ4v) is 2.21. The number of aryl methyl sites for hydroxylation is 1. The molecule has 0 aliphatic carbocycles. The average Bonchev–Trinajstić information content (AvgIpc) is 2.53. The number of ether oxygens (including phenoxy) is 1. The maximum atomic E-state index is 12.2. The maximum Gasteiger partial charge on any atom is 0.343 e. The Bertz CT molecular complexity index is 640. The lowest BCUT2D eigenvalue weighted by atomic mass is 10.1. The molecule has 22 heavy (non-hydrogen) atoms. The van der Waals surface area contributed by atoms with Gasteiger partial charge in [-0.2, -0.15) is 0 Å². The summed E-state index contributed by atoms with van der Waals surface area (Å²) in [6.45, 7) is 5.41. The maximum absolute atomic E-state index is 12.2. The lowest BCUT2D eigenvalue weighted by Gasteiger charge is -2.11. The standard InChI is InChI=1S/C18H21NO3/c1-3-19-12-17(20)14-8-6-9-15(11-14)22-18(21)16-10-5-4-7-13(16)2/h4-11,17,19-20H,3,12H2,1-2H3/p+1/t17-/m0/s1. The van der Waals surface area contributed by atoms with E-state index in [2.05, 4.69) is 0 Å². The summed E-state index contributed by atoms with van der Waals surface area (Å²) in [4.78, 5) is 12.2. The Morgan fingerprint density at radius 3 is 2.73 bits per heavy atom. The molecule has 0 fully saturated rings.